The van der Waals surface area contributed by atoms with Gasteiger partial charge in [0.1, 0.15) is 11.6 Å². The van der Waals surface area contributed by atoms with Gasteiger partial charge in [0.2, 0.25) is 0 Å². The Balaban J connectivity index is 3.34. The van der Waals surface area contributed by atoms with E-state index in [-0.39, 0.29) is 4.47 Å². The zero-order chi connectivity index (χ0) is 10.9. The SMILES string of the molecule is O=C(O)C(=O)c1cc(F)cc(Br)c1O. The lowest BCUT2D eigenvalue weighted by molar-refractivity contribution is -0.131. The molecule has 0 aliphatic carbocycles. The molecule has 0 bridgehead atoms. The predicted molar refractivity (Wildman–Crippen MR) is 47.7 cm³/mol. The van der Waals surface area contributed by atoms with Crippen molar-refractivity contribution in [1.29, 1.82) is 0 Å². The van der Waals surface area contributed by atoms with Crippen LogP contribution in [-0.2, 0) is 4.79 Å². The molecule has 0 saturated heterocycles. The molecule has 0 unspecified atom stereocenters. The van der Waals surface area contributed by atoms with E-state index in [1.54, 1.807) is 0 Å². The van der Waals surface area contributed by atoms with Crippen LogP contribution in [0.15, 0.2) is 16.6 Å². The van der Waals surface area contributed by atoms with Crippen molar-refractivity contribution < 1.29 is 24.2 Å². The van der Waals surface area contributed by atoms with Crippen LogP contribution in [0.1, 0.15) is 10.4 Å². The number of carbonyl (C=O) groups excluding carboxylic acids is 1. The van der Waals surface area contributed by atoms with Crippen LogP contribution in [0.2, 0.25) is 0 Å². The fourth-order valence-corrected chi connectivity index (χ4v) is 1.29. The van der Waals surface area contributed by atoms with Crippen LogP contribution in [0.25, 0.3) is 0 Å². The molecule has 6 heteroatoms. The molecule has 1 rings (SSSR count). The highest BCUT2D eigenvalue weighted by atomic mass is 79.9. The maximum atomic E-state index is 12.7. The molecule has 14 heavy (non-hydrogen) atoms. The maximum Gasteiger partial charge on any atom is 0.377 e. The zero-order valence-electron chi connectivity index (χ0n) is 6.62. The number of hydrogen-bond donors (Lipinski definition) is 2. The topological polar surface area (TPSA) is 74.6 Å². The van der Waals surface area contributed by atoms with E-state index in [0.717, 1.165) is 6.07 Å². The molecule has 4 nitrogen and oxygen atoms in total. The number of aliphatic carboxylic acids is 1. The minimum absolute atomic E-state index is 0.0675. The predicted octanol–water partition coefficient (Wildman–Crippen LogP) is 1.56. The first-order valence-corrected chi connectivity index (χ1v) is 4.18. The zero-order valence-corrected chi connectivity index (χ0v) is 8.21. The highest BCUT2D eigenvalue weighted by Crippen LogP contribution is 2.29. The summed E-state index contributed by atoms with van der Waals surface area (Å²) < 4.78 is 12.7. The Morgan fingerprint density at radius 2 is 1.93 bits per heavy atom. The first-order valence-electron chi connectivity index (χ1n) is 3.39. The number of ketones is 1. The van der Waals surface area contributed by atoms with Gasteiger partial charge in [-0.15, -0.1) is 0 Å². The number of phenolic OH excluding ortho intramolecular Hbond substituents is 1. The second-order valence-corrected chi connectivity index (χ2v) is 3.27. The number of halogens is 2. The number of hydrogen-bond acceptors (Lipinski definition) is 3. The molecule has 0 radical (unpaired) electrons. The Morgan fingerprint density at radius 1 is 1.36 bits per heavy atom. The van der Waals surface area contributed by atoms with Gasteiger partial charge in [0.05, 0.1) is 10.0 Å². The minimum atomic E-state index is -1.75. The van der Waals surface area contributed by atoms with Crippen molar-refractivity contribution >= 4 is 27.7 Å². The van der Waals surface area contributed by atoms with Gasteiger partial charge in [-0.05, 0) is 28.1 Å². The van der Waals surface area contributed by atoms with Gasteiger partial charge in [0.25, 0.3) is 5.78 Å². The van der Waals surface area contributed by atoms with E-state index in [1.165, 1.54) is 0 Å². The maximum absolute atomic E-state index is 12.7. The standard InChI is InChI=1S/C8H4BrFO4/c9-5-2-3(10)1-4(6(5)11)7(12)8(13)14/h1-2,11H,(H,13,14). The van der Waals surface area contributed by atoms with Crippen molar-refractivity contribution in [3.05, 3.63) is 28.0 Å². The van der Waals surface area contributed by atoms with E-state index < -0.39 is 28.9 Å². The van der Waals surface area contributed by atoms with Crippen molar-refractivity contribution in [2.75, 3.05) is 0 Å². The summed E-state index contributed by atoms with van der Waals surface area (Å²) in [5, 5.41) is 17.6. The van der Waals surface area contributed by atoms with E-state index in [0.29, 0.717) is 6.07 Å². The average Bonchev–Trinajstić information content (AvgIpc) is 2.09. The third-order valence-corrected chi connectivity index (χ3v) is 2.07. The van der Waals surface area contributed by atoms with Gasteiger partial charge in [-0.3, -0.25) is 4.79 Å². The second-order valence-electron chi connectivity index (χ2n) is 2.42. The molecule has 0 fully saturated rings. The Morgan fingerprint density at radius 3 is 2.43 bits per heavy atom. The molecular weight excluding hydrogens is 259 g/mol. The molecule has 0 aliphatic heterocycles. The van der Waals surface area contributed by atoms with Crippen LogP contribution < -0.4 is 0 Å². The summed E-state index contributed by atoms with van der Waals surface area (Å²) in [6.45, 7) is 0. The molecule has 0 aromatic heterocycles. The van der Waals surface area contributed by atoms with Crippen LogP contribution in [0.3, 0.4) is 0 Å². The van der Waals surface area contributed by atoms with Gasteiger partial charge in [-0.25, -0.2) is 9.18 Å². The Bertz CT molecular complexity index is 416. The van der Waals surface area contributed by atoms with Crippen molar-refractivity contribution in [2.45, 2.75) is 0 Å². The van der Waals surface area contributed by atoms with Gasteiger partial charge in [0.15, 0.2) is 0 Å². The van der Waals surface area contributed by atoms with Gasteiger partial charge in [0, 0.05) is 0 Å². The lowest BCUT2D eigenvalue weighted by atomic mass is 10.1. The summed E-state index contributed by atoms with van der Waals surface area (Å²) in [6.07, 6.45) is 0. The number of Topliss-reactive ketones (excluding diaryl/α,β-unsaturated/α-hetero) is 1. The molecule has 0 saturated carbocycles. The van der Waals surface area contributed by atoms with E-state index >= 15 is 0 Å². The number of carboxylic acids is 1. The Hall–Kier alpha value is -1.43. The molecule has 0 amide bonds. The fraction of sp³-hybridized carbons (Fsp3) is 0. The first kappa shape index (κ1) is 10.6. The van der Waals surface area contributed by atoms with Gasteiger partial charge in [-0.1, -0.05) is 0 Å². The highest BCUT2D eigenvalue weighted by Gasteiger charge is 2.21. The summed E-state index contributed by atoms with van der Waals surface area (Å²) in [4.78, 5) is 21.2. The van der Waals surface area contributed by atoms with Gasteiger partial charge < -0.3 is 10.2 Å². The highest BCUT2D eigenvalue weighted by molar-refractivity contribution is 9.10. The number of aromatic hydroxyl groups is 1. The Labute approximate surface area is 86.1 Å². The smallest absolute Gasteiger partial charge is 0.377 e. The third-order valence-electron chi connectivity index (χ3n) is 1.47. The molecule has 1 aromatic rings. The molecule has 0 aliphatic rings. The summed E-state index contributed by atoms with van der Waals surface area (Å²) in [7, 11) is 0. The van der Waals surface area contributed by atoms with Crippen LogP contribution in [-0.4, -0.2) is 22.0 Å². The van der Waals surface area contributed by atoms with Gasteiger partial charge in [-0.2, -0.15) is 0 Å². The summed E-state index contributed by atoms with van der Waals surface area (Å²) in [5.41, 5.74) is -0.579. The van der Waals surface area contributed by atoms with E-state index in [1.807, 2.05) is 0 Å². The first-order chi connectivity index (χ1) is 6.43. The minimum Gasteiger partial charge on any atom is -0.506 e. The number of carboxylic acid groups (broad SMARTS) is 1. The quantitative estimate of drug-likeness (QED) is 0.627. The fourth-order valence-electron chi connectivity index (χ4n) is 0.854. The summed E-state index contributed by atoms with van der Waals surface area (Å²) in [6, 6.07) is 1.59. The summed E-state index contributed by atoms with van der Waals surface area (Å²) >= 11 is 2.78. The van der Waals surface area contributed by atoms with Crippen LogP contribution in [0.5, 0.6) is 5.75 Å². The number of phenols is 1. The molecule has 0 atom stereocenters. The van der Waals surface area contributed by atoms with E-state index in [4.69, 9.17) is 5.11 Å². The van der Waals surface area contributed by atoms with Crippen molar-refractivity contribution in [1.82, 2.24) is 0 Å². The Kier molecular flexibility index (Phi) is 2.85. The average molecular weight is 263 g/mol. The lowest BCUT2D eigenvalue weighted by Crippen LogP contribution is -2.13. The molecular formula is C8H4BrFO4. The van der Waals surface area contributed by atoms with Crippen molar-refractivity contribution in [2.24, 2.45) is 0 Å². The van der Waals surface area contributed by atoms with E-state index in [2.05, 4.69) is 15.9 Å². The molecule has 74 valence electrons. The monoisotopic (exact) mass is 262 g/mol. The van der Waals surface area contributed by atoms with Crippen molar-refractivity contribution in [3.8, 4) is 5.75 Å². The van der Waals surface area contributed by atoms with Crippen LogP contribution in [0.4, 0.5) is 4.39 Å². The lowest BCUT2D eigenvalue weighted by Gasteiger charge is -2.02. The molecule has 1 aromatic carbocycles. The third kappa shape index (κ3) is 1.90. The largest absolute Gasteiger partial charge is 0.506 e. The molecule has 2 N–H and O–H groups in total. The normalized spacial score (nSPS) is 9.86. The number of carbonyl (C=O) groups is 2. The van der Waals surface area contributed by atoms with Crippen LogP contribution in [0, 0.1) is 5.82 Å². The van der Waals surface area contributed by atoms with Gasteiger partial charge >= 0.3 is 5.97 Å². The van der Waals surface area contributed by atoms with Crippen molar-refractivity contribution in [3.63, 3.8) is 0 Å². The van der Waals surface area contributed by atoms with Crippen LogP contribution >= 0.6 is 15.9 Å². The number of rotatable bonds is 2. The number of benzene rings is 1. The summed E-state index contributed by atoms with van der Waals surface area (Å²) in [5.74, 6) is -4.50. The molecule has 0 heterocycles. The van der Waals surface area contributed by atoms with E-state index in [9.17, 15) is 19.1 Å². The molecule has 0 spiro atoms. The second kappa shape index (κ2) is 3.75.